The number of carbonyl (C=O) groups is 1. The average molecular weight is 438 g/mol. The van der Waals surface area contributed by atoms with Crippen LogP contribution in [0.3, 0.4) is 0 Å². The van der Waals surface area contributed by atoms with Gasteiger partial charge in [0.25, 0.3) is 0 Å². The number of rotatable bonds is 7. The van der Waals surface area contributed by atoms with Crippen molar-refractivity contribution < 1.29 is 9.53 Å². The monoisotopic (exact) mass is 437 g/mol. The van der Waals surface area contributed by atoms with Crippen LogP contribution in [-0.4, -0.2) is 33.1 Å². The largest absolute Gasteiger partial charge is 0.495 e. The van der Waals surface area contributed by atoms with Gasteiger partial charge in [-0.05, 0) is 36.1 Å². The first-order chi connectivity index (χ1) is 15.1. The number of carbonyl (C=O) groups excluding carboxylic acids is 1. The molecule has 1 aliphatic rings. The number of para-hydroxylation sites is 2. The quantitative estimate of drug-likeness (QED) is 0.577. The fraction of sp³-hybridized carbons (Fsp3) is 0.348. The van der Waals surface area contributed by atoms with Crippen molar-refractivity contribution in [2.24, 2.45) is 0 Å². The first-order valence-corrected chi connectivity index (χ1v) is 11.4. The molecular formula is C23H27N5O2S. The highest BCUT2D eigenvalue weighted by Gasteiger charge is 2.38. The molecule has 3 aromatic rings. The smallest absolute Gasteiger partial charge is 0.240 e. The average Bonchev–Trinajstić information content (AvgIpc) is 3.20. The molecule has 8 heteroatoms. The molecule has 0 bridgehead atoms. The van der Waals surface area contributed by atoms with E-state index in [2.05, 4.69) is 59.1 Å². The van der Waals surface area contributed by atoms with E-state index in [9.17, 15) is 4.79 Å². The Hall–Kier alpha value is -3.00. The highest BCUT2D eigenvalue weighted by Crippen LogP contribution is 2.38. The maximum atomic E-state index is 13.4. The van der Waals surface area contributed by atoms with Crippen LogP contribution >= 0.6 is 11.8 Å². The molecule has 7 nitrogen and oxygen atoms in total. The van der Waals surface area contributed by atoms with E-state index in [1.165, 1.54) is 17.3 Å². The van der Waals surface area contributed by atoms with Gasteiger partial charge >= 0.3 is 0 Å². The molecule has 2 N–H and O–H groups in total. The van der Waals surface area contributed by atoms with Gasteiger partial charge in [-0.25, -0.2) is 4.68 Å². The molecule has 1 amide bonds. The molecule has 0 saturated carbocycles. The van der Waals surface area contributed by atoms with Crippen molar-refractivity contribution in [3.8, 4) is 5.75 Å². The molecule has 0 saturated heterocycles. The number of hydrogen-bond acceptors (Lipinski definition) is 6. The van der Waals surface area contributed by atoms with E-state index in [1.807, 2.05) is 28.9 Å². The molecule has 0 spiro atoms. The Balaban J connectivity index is 1.67. The zero-order chi connectivity index (χ0) is 21.8. The van der Waals surface area contributed by atoms with Crippen molar-refractivity contribution in [3.05, 3.63) is 65.5 Å². The maximum Gasteiger partial charge on any atom is 0.240 e. The van der Waals surface area contributed by atoms with Crippen molar-refractivity contribution in [2.75, 3.05) is 17.9 Å². The van der Waals surface area contributed by atoms with E-state index in [0.29, 0.717) is 16.6 Å². The van der Waals surface area contributed by atoms with Crippen LogP contribution in [-0.2, 0) is 17.6 Å². The SMILES string of the molecule is CCCc1nnc2n1N[C@@H](c1ccc(CC)cc1)[C@@H](C(=O)Nc1ccccc1OC)S2. The van der Waals surface area contributed by atoms with Gasteiger partial charge in [-0.3, -0.25) is 4.79 Å². The third kappa shape index (κ3) is 4.39. The number of fused-ring (bicyclic) bond motifs is 1. The van der Waals surface area contributed by atoms with Crippen molar-refractivity contribution in [1.82, 2.24) is 14.9 Å². The van der Waals surface area contributed by atoms with Crippen LogP contribution in [0.1, 0.15) is 43.3 Å². The summed E-state index contributed by atoms with van der Waals surface area (Å²) in [7, 11) is 1.59. The van der Waals surface area contributed by atoms with Gasteiger partial charge < -0.3 is 15.5 Å². The van der Waals surface area contributed by atoms with Crippen molar-refractivity contribution >= 4 is 23.4 Å². The minimum atomic E-state index is -0.427. The molecule has 162 valence electrons. The van der Waals surface area contributed by atoms with E-state index in [-0.39, 0.29) is 11.9 Å². The molecule has 31 heavy (non-hydrogen) atoms. The first-order valence-electron chi connectivity index (χ1n) is 10.5. The minimum absolute atomic E-state index is 0.113. The van der Waals surface area contributed by atoms with E-state index >= 15 is 0 Å². The first kappa shape index (κ1) is 21.2. The predicted molar refractivity (Wildman–Crippen MR) is 123 cm³/mol. The number of hydrogen-bond donors (Lipinski definition) is 2. The lowest BCUT2D eigenvalue weighted by molar-refractivity contribution is -0.116. The molecule has 0 unspecified atom stereocenters. The molecule has 2 aromatic carbocycles. The summed E-state index contributed by atoms with van der Waals surface area (Å²) in [6.07, 6.45) is 2.76. The topological polar surface area (TPSA) is 81.1 Å². The van der Waals surface area contributed by atoms with Crippen LogP contribution in [0.5, 0.6) is 5.75 Å². The highest BCUT2D eigenvalue weighted by atomic mass is 32.2. The zero-order valence-electron chi connectivity index (χ0n) is 18.0. The molecule has 0 aliphatic carbocycles. The normalized spacial score (nSPS) is 17.5. The van der Waals surface area contributed by atoms with Crippen LogP contribution in [0.15, 0.2) is 53.7 Å². The van der Waals surface area contributed by atoms with Gasteiger partial charge in [-0.1, -0.05) is 62.0 Å². The number of thioether (sulfide) groups is 1. The molecule has 0 fully saturated rings. The predicted octanol–water partition coefficient (Wildman–Crippen LogP) is 4.20. The van der Waals surface area contributed by atoms with Crippen LogP contribution in [0.25, 0.3) is 0 Å². The van der Waals surface area contributed by atoms with Crippen LogP contribution < -0.4 is 15.5 Å². The standard InChI is InChI=1S/C23H27N5O2S/c1-4-8-19-25-26-23-28(19)27-20(16-13-11-15(5-2)12-14-16)21(31-23)22(29)24-17-9-6-7-10-18(17)30-3/h6-7,9-14,20-21,27H,4-5,8H2,1-3H3,(H,24,29)/t20-,21-/m0/s1. The van der Waals surface area contributed by atoms with E-state index in [4.69, 9.17) is 4.74 Å². The second-order valence-electron chi connectivity index (χ2n) is 7.41. The Morgan fingerprint density at radius 3 is 2.65 bits per heavy atom. The van der Waals surface area contributed by atoms with E-state index < -0.39 is 5.25 Å². The molecule has 0 radical (unpaired) electrons. The Labute approximate surface area is 186 Å². The lowest BCUT2D eigenvalue weighted by Crippen LogP contribution is -2.41. The van der Waals surface area contributed by atoms with Crippen molar-refractivity contribution in [1.29, 1.82) is 0 Å². The van der Waals surface area contributed by atoms with Crippen LogP contribution in [0.4, 0.5) is 5.69 Å². The fourth-order valence-corrected chi connectivity index (χ4v) is 4.75. The van der Waals surface area contributed by atoms with Gasteiger partial charge in [0.2, 0.25) is 11.1 Å². The Morgan fingerprint density at radius 2 is 1.94 bits per heavy atom. The number of anilines is 1. The summed E-state index contributed by atoms with van der Waals surface area (Å²) in [5.41, 5.74) is 6.47. The number of nitrogens with zero attached hydrogens (tertiary/aromatic N) is 3. The number of benzene rings is 2. The lowest BCUT2D eigenvalue weighted by atomic mass is 10.0. The Bertz CT molecular complexity index is 1050. The summed E-state index contributed by atoms with van der Waals surface area (Å²) < 4.78 is 7.32. The number of nitrogens with one attached hydrogen (secondary N) is 2. The molecule has 2 heterocycles. The Kier molecular flexibility index (Phi) is 6.46. The second-order valence-corrected chi connectivity index (χ2v) is 8.52. The molecule has 1 aliphatic heterocycles. The van der Waals surface area contributed by atoms with Crippen molar-refractivity contribution in [2.45, 2.75) is 49.6 Å². The summed E-state index contributed by atoms with van der Waals surface area (Å²) in [4.78, 5) is 13.4. The summed E-state index contributed by atoms with van der Waals surface area (Å²) in [6.45, 7) is 4.25. The number of aryl methyl sites for hydroxylation is 2. The number of aromatic nitrogens is 3. The van der Waals surface area contributed by atoms with Crippen molar-refractivity contribution in [3.63, 3.8) is 0 Å². The summed E-state index contributed by atoms with van der Waals surface area (Å²) >= 11 is 1.43. The van der Waals surface area contributed by atoms with Gasteiger partial charge in [-0.15, -0.1) is 10.2 Å². The summed E-state index contributed by atoms with van der Waals surface area (Å²) in [5.74, 6) is 1.39. The maximum absolute atomic E-state index is 13.4. The molecule has 2 atom stereocenters. The third-order valence-corrected chi connectivity index (χ3v) is 6.56. The summed E-state index contributed by atoms with van der Waals surface area (Å²) in [5, 5.41) is 11.9. The van der Waals surface area contributed by atoms with Gasteiger partial charge in [0.15, 0.2) is 5.82 Å². The Morgan fingerprint density at radius 1 is 1.16 bits per heavy atom. The number of ether oxygens (including phenoxy) is 1. The summed E-state index contributed by atoms with van der Waals surface area (Å²) in [6, 6.07) is 15.6. The fourth-order valence-electron chi connectivity index (χ4n) is 3.65. The van der Waals surface area contributed by atoms with Gasteiger partial charge in [0.1, 0.15) is 11.0 Å². The van der Waals surface area contributed by atoms with E-state index in [1.54, 1.807) is 7.11 Å². The molecule has 1 aromatic heterocycles. The van der Waals surface area contributed by atoms with Crippen LogP contribution in [0, 0.1) is 0 Å². The molecule has 4 rings (SSSR count). The molecular weight excluding hydrogens is 410 g/mol. The third-order valence-electron chi connectivity index (χ3n) is 5.35. The van der Waals surface area contributed by atoms with Gasteiger partial charge in [-0.2, -0.15) is 0 Å². The zero-order valence-corrected chi connectivity index (χ0v) is 18.8. The number of amides is 1. The minimum Gasteiger partial charge on any atom is -0.495 e. The van der Waals surface area contributed by atoms with Crippen LogP contribution in [0.2, 0.25) is 0 Å². The second kappa shape index (κ2) is 9.43. The number of methoxy groups -OCH3 is 1. The van der Waals surface area contributed by atoms with Gasteiger partial charge in [0, 0.05) is 6.42 Å². The highest BCUT2D eigenvalue weighted by molar-refractivity contribution is 8.00. The van der Waals surface area contributed by atoms with Gasteiger partial charge in [0.05, 0.1) is 18.8 Å². The lowest BCUT2D eigenvalue weighted by Gasteiger charge is -2.33. The van der Waals surface area contributed by atoms with E-state index in [0.717, 1.165) is 30.7 Å².